The van der Waals surface area contributed by atoms with Gasteiger partial charge in [0.05, 0.1) is 17.2 Å². The van der Waals surface area contributed by atoms with Gasteiger partial charge in [-0.05, 0) is 53.7 Å². The first-order valence-electron chi connectivity index (χ1n) is 6.04. The fourth-order valence-corrected chi connectivity index (χ4v) is 3.84. The summed E-state index contributed by atoms with van der Waals surface area (Å²) in [5.74, 6) is 1.93. The molecule has 0 unspecified atom stereocenters. The highest BCUT2D eigenvalue weighted by Crippen LogP contribution is 2.20. The molecule has 0 atom stereocenters. The van der Waals surface area contributed by atoms with E-state index in [0.717, 1.165) is 35.4 Å². The Labute approximate surface area is 116 Å². The summed E-state index contributed by atoms with van der Waals surface area (Å²) in [5, 5.41) is 3.28. The molecular weight excluding hydrogens is 316 g/mol. The van der Waals surface area contributed by atoms with Crippen LogP contribution < -0.4 is 5.32 Å². The van der Waals surface area contributed by atoms with Gasteiger partial charge in [-0.2, -0.15) is 0 Å². The summed E-state index contributed by atoms with van der Waals surface area (Å²) in [4.78, 5) is 4.41. The van der Waals surface area contributed by atoms with Gasteiger partial charge in [0, 0.05) is 11.0 Å². The van der Waals surface area contributed by atoms with Crippen molar-refractivity contribution in [2.45, 2.75) is 19.8 Å². The van der Waals surface area contributed by atoms with Gasteiger partial charge in [-0.25, -0.2) is 13.4 Å². The zero-order valence-corrected chi connectivity index (χ0v) is 12.7. The summed E-state index contributed by atoms with van der Waals surface area (Å²) in [6.45, 7) is 2.74. The molecule has 0 radical (unpaired) electrons. The van der Waals surface area contributed by atoms with Crippen molar-refractivity contribution in [2.24, 2.45) is 5.92 Å². The molecule has 0 saturated carbocycles. The topological polar surface area (TPSA) is 59.1 Å². The van der Waals surface area contributed by atoms with Gasteiger partial charge in [0.1, 0.15) is 15.7 Å². The predicted molar refractivity (Wildman–Crippen MR) is 76.5 cm³/mol. The molecule has 2 rings (SSSR count). The molecule has 6 heteroatoms. The predicted octanol–water partition coefficient (Wildman–Crippen LogP) is 2.39. The normalized spacial score (nSPS) is 19.7. The third-order valence-electron chi connectivity index (χ3n) is 3.27. The minimum atomic E-state index is -2.76. The molecule has 0 aromatic carbocycles. The van der Waals surface area contributed by atoms with Crippen LogP contribution >= 0.6 is 15.9 Å². The van der Waals surface area contributed by atoms with E-state index in [9.17, 15) is 8.42 Å². The molecule has 1 aromatic rings. The van der Waals surface area contributed by atoms with E-state index in [-0.39, 0.29) is 0 Å². The number of sulfone groups is 1. The van der Waals surface area contributed by atoms with E-state index in [2.05, 4.69) is 26.2 Å². The summed E-state index contributed by atoms with van der Waals surface area (Å²) >= 11 is 3.41. The Morgan fingerprint density at radius 1 is 1.39 bits per heavy atom. The van der Waals surface area contributed by atoms with Crippen molar-refractivity contribution in [1.82, 2.24) is 4.98 Å². The summed E-state index contributed by atoms with van der Waals surface area (Å²) in [5.41, 5.74) is 0.950. The maximum atomic E-state index is 11.3. The number of aryl methyl sites for hydroxylation is 1. The fraction of sp³-hybridized carbons (Fsp3) is 0.583. The van der Waals surface area contributed by atoms with Crippen LogP contribution in [0.4, 0.5) is 5.82 Å². The molecule has 1 aromatic heterocycles. The van der Waals surface area contributed by atoms with Crippen LogP contribution in [-0.4, -0.2) is 31.5 Å². The number of anilines is 1. The molecule has 0 amide bonds. The molecule has 1 N–H and O–H groups in total. The summed E-state index contributed by atoms with van der Waals surface area (Å²) < 4.78 is 23.6. The van der Waals surface area contributed by atoms with E-state index in [1.165, 1.54) is 0 Å². The number of nitrogens with one attached hydrogen (secondary N) is 1. The average molecular weight is 333 g/mol. The van der Waals surface area contributed by atoms with Gasteiger partial charge < -0.3 is 5.32 Å². The first-order valence-corrected chi connectivity index (χ1v) is 8.65. The molecule has 2 heterocycles. The van der Waals surface area contributed by atoms with Crippen LogP contribution in [0.25, 0.3) is 0 Å². The Hall–Kier alpha value is -0.620. The Morgan fingerprint density at radius 3 is 2.67 bits per heavy atom. The Morgan fingerprint density at radius 2 is 2.06 bits per heavy atom. The lowest BCUT2D eigenvalue weighted by molar-refractivity contribution is 0.484. The summed E-state index contributed by atoms with van der Waals surface area (Å²) in [7, 11) is -2.76. The van der Waals surface area contributed by atoms with Crippen molar-refractivity contribution in [1.29, 1.82) is 0 Å². The van der Waals surface area contributed by atoms with E-state index in [4.69, 9.17) is 0 Å². The van der Waals surface area contributed by atoms with Crippen LogP contribution in [0.1, 0.15) is 18.5 Å². The highest BCUT2D eigenvalue weighted by atomic mass is 79.9. The van der Waals surface area contributed by atoms with Gasteiger partial charge in [-0.3, -0.25) is 0 Å². The third kappa shape index (κ3) is 3.68. The van der Waals surface area contributed by atoms with Crippen molar-refractivity contribution in [3.05, 3.63) is 22.3 Å². The van der Waals surface area contributed by atoms with Crippen LogP contribution in [0.15, 0.2) is 16.6 Å². The van der Waals surface area contributed by atoms with E-state index in [1.54, 1.807) is 0 Å². The van der Waals surface area contributed by atoms with Crippen molar-refractivity contribution in [3.63, 3.8) is 0 Å². The van der Waals surface area contributed by atoms with Crippen LogP contribution in [0.5, 0.6) is 0 Å². The quantitative estimate of drug-likeness (QED) is 0.923. The van der Waals surface area contributed by atoms with Gasteiger partial charge >= 0.3 is 0 Å². The smallest absolute Gasteiger partial charge is 0.150 e. The standard InChI is InChI=1S/C12H17BrN2O2S/c1-9-11(13)2-3-12(15-9)14-8-10-4-6-18(16,17)7-5-10/h2-3,10H,4-8H2,1H3,(H,14,15). The number of hydrogen-bond acceptors (Lipinski definition) is 4. The van der Waals surface area contributed by atoms with Gasteiger partial charge in [-0.15, -0.1) is 0 Å². The second kappa shape index (κ2) is 5.57. The SMILES string of the molecule is Cc1nc(NCC2CCS(=O)(=O)CC2)ccc1Br. The largest absolute Gasteiger partial charge is 0.370 e. The van der Waals surface area contributed by atoms with E-state index < -0.39 is 9.84 Å². The number of hydrogen-bond donors (Lipinski definition) is 1. The zero-order valence-electron chi connectivity index (χ0n) is 10.3. The molecular formula is C12H17BrN2O2S. The number of rotatable bonds is 3. The van der Waals surface area contributed by atoms with Crippen molar-refractivity contribution >= 4 is 31.6 Å². The van der Waals surface area contributed by atoms with Crippen molar-refractivity contribution in [2.75, 3.05) is 23.4 Å². The van der Waals surface area contributed by atoms with Crippen molar-refractivity contribution < 1.29 is 8.42 Å². The highest BCUT2D eigenvalue weighted by Gasteiger charge is 2.23. The lowest BCUT2D eigenvalue weighted by Crippen LogP contribution is -2.27. The van der Waals surface area contributed by atoms with Crippen molar-refractivity contribution in [3.8, 4) is 0 Å². The number of nitrogens with zero attached hydrogens (tertiary/aromatic N) is 1. The lowest BCUT2D eigenvalue weighted by Gasteiger charge is -2.22. The first-order chi connectivity index (χ1) is 8.46. The lowest BCUT2D eigenvalue weighted by atomic mass is 10.0. The van der Waals surface area contributed by atoms with Gasteiger partial charge in [0.15, 0.2) is 0 Å². The molecule has 0 aliphatic carbocycles. The molecule has 4 nitrogen and oxygen atoms in total. The van der Waals surface area contributed by atoms with E-state index in [0.29, 0.717) is 17.4 Å². The molecule has 1 aliphatic rings. The highest BCUT2D eigenvalue weighted by molar-refractivity contribution is 9.10. The minimum absolute atomic E-state index is 0.326. The minimum Gasteiger partial charge on any atom is -0.370 e. The molecule has 0 bridgehead atoms. The maximum absolute atomic E-state index is 11.3. The number of aromatic nitrogens is 1. The fourth-order valence-electron chi connectivity index (χ4n) is 2.03. The molecule has 1 fully saturated rings. The van der Waals surface area contributed by atoms with E-state index in [1.807, 2.05) is 19.1 Å². The summed E-state index contributed by atoms with van der Waals surface area (Å²) in [6, 6.07) is 3.90. The van der Waals surface area contributed by atoms with Gasteiger partial charge in [-0.1, -0.05) is 0 Å². The zero-order chi connectivity index (χ0) is 13.2. The molecule has 100 valence electrons. The second-order valence-corrected chi connectivity index (χ2v) is 7.90. The monoisotopic (exact) mass is 332 g/mol. The Kier molecular flexibility index (Phi) is 4.27. The Bertz CT molecular complexity index is 517. The Balaban J connectivity index is 1.87. The molecule has 0 spiro atoms. The molecule has 1 saturated heterocycles. The van der Waals surface area contributed by atoms with Gasteiger partial charge in [0.2, 0.25) is 0 Å². The second-order valence-electron chi connectivity index (χ2n) is 4.74. The maximum Gasteiger partial charge on any atom is 0.150 e. The summed E-state index contributed by atoms with van der Waals surface area (Å²) in [6.07, 6.45) is 1.51. The number of halogens is 1. The number of pyridine rings is 1. The molecule has 18 heavy (non-hydrogen) atoms. The third-order valence-corrected chi connectivity index (χ3v) is 5.82. The van der Waals surface area contributed by atoms with Gasteiger partial charge in [0.25, 0.3) is 0 Å². The van der Waals surface area contributed by atoms with Crippen LogP contribution in [-0.2, 0) is 9.84 Å². The van der Waals surface area contributed by atoms with E-state index >= 15 is 0 Å². The van der Waals surface area contributed by atoms with Crippen LogP contribution in [0.3, 0.4) is 0 Å². The first kappa shape index (κ1) is 13.8. The average Bonchev–Trinajstić information content (AvgIpc) is 2.32. The van der Waals surface area contributed by atoms with Crippen LogP contribution in [0.2, 0.25) is 0 Å². The van der Waals surface area contributed by atoms with Crippen LogP contribution in [0, 0.1) is 12.8 Å². The molecule has 1 aliphatic heterocycles.